The number of hydrogen-bond acceptors (Lipinski definition) is 4. The number of halogens is 6. The third kappa shape index (κ3) is 6.71. The number of likely N-dealkylation sites (tertiary alicyclic amines) is 1. The molecule has 1 saturated heterocycles. The van der Waals surface area contributed by atoms with Crippen LogP contribution in [0.3, 0.4) is 0 Å². The van der Waals surface area contributed by atoms with Crippen LogP contribution in [0.1, 0.15) is 65.0 Å². The van der Waals surface area contributed by atoms with Crippen LogP contribution in [0, 0.1) is 6.92 Å². The molecule has 1 fully saturated rings. The third-order valence-electron chi connectivity index (χ3n) is 5.67. The minimum absolute atomic E-state index is 0.0199. The fourth-order valence-corrected chi connectivity index (χ4v) is 5.07. The Kier molecular flexibility index (Phi) is 7.69. The van der Waals surface area contributed by atoms with Gasteiger partial charge in [-0.1, -0.05) is 0 Å². The van der Waals surface area contributed by atoms with Crippen molar-refractivity contribution >= 4 is 23.3 Å². The Morgan fingerprint density at radius 2 is 1.61 bits per heavy atom. The molecule has 3 rings (SSSR count). The van der Waals surface area contributed by atoms with Crippen LogP contribution in [-0.4, -0.2) is 41.6 Å². The molecule has 1 N–H and O–H groups in total. The van der Waals surface area contributed by atoms with Gasteiger partial charge in [-0.2, -0.15) is 26.3 Å². The first-order valence-corrected chi connectivity index (χ1v) is 12.0. The molecule has 36 heavy (non-hydrogen) atoms. The molecule has 1 aliphatic rings. The minimum atomic E-state index is -5.06. The van der Waals surface area contributed by atoms with Crippen molar-refractivity contribution in [2.75, 3.05) is 13.1 Å². The van der Waals surface area contributed by atoms with Gasteiger partial charge in [0.2, 0.25) is 0 Å². The number of thiophene rings is 1. The van der Waals surface area contributed by atoms with Gasteiger partial charge in [0, 0.05) is 35.5 Å². The molecule has 5 nitrogen and oxygen atoms in total. The van der Waals surface area contributed by atoms with Crippen LogP contribution < -0.4 is 5.32 Å². The average molecular weight is 537 g/mol. The second-order valence-corrected chi connectivity index (χ2v) is 10.6. The summed E-state index contributed by atoms with van der Waals surface area (Å²) in [7, 11) is 0. The van der Waals surface area contributed by atoms with Gasteiger partial charge in [0.15, 0.2) is 0 Å². The number of ether oxygens (including phenoxy) is 1. The molecular formula is C24H26F6N2O3S. The van der Waals surface area contributed by atoms with E-state index < -0.39 is 58.6 Å². The molecule has 2 heterocycles. The standard InChI is InChI=1S/C24H26F6N2O3S/c1-13-6-8-36-19(13)17-12-32(21(34)35-22(2,3)4)7-5-18(17)31-20(33)14-9-15(23(25,26)27)11-16(10-14)24(28,29)30/h6,8-11,17-18H,5,7,12H2,1-4H3,(H,31,33)/t17?,18-/m1/s1. The molecule has 0 aliphatic carbocycles. The lowest BCUT2D eigenvalue weighted by Gasteiger charge is -2.39. The zero-order valence-corrected chi connectivity index (χ0v) is 20.8. The Bertz CT molecular complexity index is 1090. The largest absolute Gasteiger partial charge is 0.444 e. The van der Waals surface area contributed by atoms with E-state index in [2.05, 4.69) is 5.32 Å². The number of carbonyl (C=O) groups excluding carboxylic acids is 2. The Hall–Kier alpha value is -2.76. The first-order chi connectivity index (χ1) is 16.5. The van der Waals surface area contributed by atoms with Crippen LogP contribution in [0.25, 0.3) is 0 Å². The van der Waals surface area contributed by atoms with Crippen molar-refractivity contribution in [3.05, 3.63) is 56.8 Å². The van der Waals surface area contributed by atoms with Gasteiger partial charge in [-0.25, -0.2) is 4.79 Å². The number of nitrogens with zero attached hydrogens (tertiary/aromatic N) is 1. The van der Waals surface area contributed by atoms with Gasteiger partial charge in [-0.05, 0) is 69.3 Å². The number of carbonyl (C=O) groups is 2. The molecular weight excluding hydrogens is 510 g/mol. The average Bonchev–Trinajstić information content (AvgIpc) is 3.16. The number of hydrogen-bond donors (Lipinski definition) is 1. The lowest BCUT2D eigenvalue weighted by molar-refractivity contribution is -0.143. The van der Waals surface area contributed by atoms with E-state index in [1.54, 1.807) is 20.8 Å². The van der Waals surface area contributed by atoms with E-state index in [-0.39, 0.29) is 25.6 Å². The monoisotopic (exact) mass is 536 g/mol. The van der Waals surface area contributed by atoms with Crippen LogP contribution >= 0.6 is 11.3 Å². The highest BCUT2D eigenvalue weighted by Crippen LogP contribution is 2.37. The molecule has 198 valence electrons. The molecule has 1 aliphatic heterocycles. The summed E-state index contributed by atoms with van der Waals surface area (Å²) < 4.78 is 84.9. The molecule has 1 unspecified atom stereocenters. The Morgan fingerprint density at radius 3 is 2.08 bits per heavy atom. The zero-order chi connectivity index (χ0) is 27.1. The van der Waals surface area contributed by atoms with Crippen LogP contribution in [0.4, 0.5) is 31.1 Å². The predicted octanol–water partition coefficient (Wildman–Crippen LogP) is 6.62. The number of piperidine rings is 1. The van der Waals surface area contributed by atoms with Crippen LogP contribution in [0.5, 0.6) is 0 Å². The van der Waals surface area contributed by atoms with Gasteiger partial charge >= 0.3 is 18.4 Å². The van der Waals surface area contributed by atoms with E-state index in [9.17, 15) is 35.9 Å². The fourth-order valence-electron chi connectivity index (χ4n) is 3.98. The Morgan fingerprint density at radius 1 is 1.03 bits per heavy atom. The van der Waals surface area contributed by atoms with Crippen molar-refractivity contribution in [2.45, 2.75) is 64.0 Å². The van der Waals surface area contributed by atoms with E-state index in [4.69, 9.17) is 4.74 Å². The molecule has 0 spiro atoms. The SMILES string of the molecule is Cc1ccsc1C1CN(C(=O)OC(C)(C)C)CC[C@H]1NC(=O)c1cc(C(F)(F)F)cc(C(F)(F)F)c1. The van der Waals surface area contributed by atoms with Crippen LogP contribution in [-0.2, 0) is 17.1 Å². The van der Waals surface area contributed by atoms with Gasteiger partial charge in [-0.3, -0.25) is 4.79 Å². The van der Waals surface area contributed by atoms with Crippen LogP contribution in [0.15, 0.2) is 29.6 Å². The molecule has 0 radical (unpaired) electrons. The quantitative estimate of drug-likeness (QED) is 0.449. The summed E-state index contributed by atoms with van der Waals surface area (Å²) in [5.74, 6) is -1.48. The first-order valence-electron chi connectivity index (χ1n) is 11.1. The van der Waals surface area contributed by atoms with E-state index in [1.807, 2.05) is 18.4 Å². The molecule has 0 bridgehead atoms. The topological polar surface area (TPSA) is 58.6 Å². The summed E-state index contributed by atoms with van der Waals surface area (Å²) in [5, 5.41) is 4.45. The third-order valence-corrected chi connectivity index (χ3v) is 6.82. The number of benzene rings is 1. The van der Waals surface area contributed by atoms with Gasteiger partial charge in [-0.15, -0.1) is 11.3 Å². The zero-order valence-electron chi connectivity index (χ0n) is 20.0. The number of nitrogens with one attached hydrogen (secondary N) is 1. The molecule has 1 aromatic carbocycles. The summed E-state index contributed by atoms with van der Waals surface area (Å²) in [6, 6.07) is 2.02. The molecule has 2 atom stereocenters. The number of alkyl halides is 6. The van der Waals surface area contributed by atoms with Gasteiger partial charge < -0.3 is 15.0 Å². The number of aryl methyl sites for hydroxylation is 1. The van der Waals surface area contributed by atoms with Crippen LogP contribution in [0.2, 0.25) is 0 Å². The molecule has 0 saturated carbocycles. The minimum Gasteiger partial charge on any atom is -0.444 e. The molecule has 1 aromatic heterocycles. The lowest BCUT2D eigenvalue weighted by atomic mass is 9.89. The van der Waals surface area contributed by atoms with Crippen molar-refractivity contribution in [2.24, 2.45) is 0 Å². The highest BCUT2D eigenvalue weighted by atomic mass is 32.1. The van der Waals surface area contributed by atoms with Crippen molar-refractivity contribution in [3.63, 3.8) is 0 Å². The van der Waals surface area contributed by atoms with Gasteiger partial charge in [0.1, 0.15) is 5.60 Å². The van der Waals surface area contributed by atoms with Crippen molar-refractivity contribution < 1.29 is 40.7 Å². The number of rotatable bonds is 3. The summed E-state index contributed by atoms with van der Waals surface area (Å²) in [6.45, 7) is 7.38. The highest BCUT2D eigenvalue weighted by molar-refractivity contribution is 7.10. The predicted molar refractivity (Wildman–Crippen MR) is 122 cm³/mol. The van der Waals surface area contributed by atoms with Crippen molar-refractivity contribution in [3.8, 4) is 0 Å². The summed E-state index contributed by atoms with van der Waals surface area (Å²) in [6.07, 6.45) is -10.4. The van der Waals surface area contributed by atoms with Crippen molar-refractivity contribution in [1.29, 1.82) is 0 Å². The van der Waals surface area contributed by atoms with Gasteiger partial charge in [0.05, 0.1) is 11.1 Å². The number of amides is 2. The Balaban J connectivity index is 1.90. The molecule has 12 heteroatoms. The van der Waals surface area contributed by atoms with Crippen molar-refractivity contribution in [1.82, 2.24) is 10.2 Å². The maximum atomic E-state index is 13.2. The summed E-state index contributed by atoms with van der Waals surface area (Å²) in [4.78, 5) is 27.9. The first kappa shape index (κ1) is 27.8. The maximum absolute atomic E-state index is 13.2. The van der Waals surface area contributed by atoms with E-state index >= 15 is 0 Å². The van der Waals surface area contributed by atoms with E-state index in [1.165, 1.54) is 16.2 Å². The lowest BCUT2D eigenvalue weighted by Crippen LogP contribution is -2.52. The van der Waals surface area contributed by atoms with E-state index in [0.29, 0.717) is 12.1 Å². The fraction of sp³-hybridized carbons (Fsp3) is 0.500. The van der Waals surface area contributed by atoms with Gasteiger partial charge in [0.25, 0.3) is 5.91 Å². The second kappa shape index (κ2) is 9.95. The smallest absolute Gasteiger partial charge is 0.416 e. The Labute approximate surface area is 208 Å². The maximum Gasteiger partial charge on any atom is 0.416 e. The second-order valence-electron chi connectivity index (χ2n) is 9.66. The summed E-state index contributed by atoms with van der Waals surface area (Å²) in [5.41, 5.74) is -3.70. The highest BCUT2D eigenvalue weighted by Gasteiger charge is 2.39. The van der Waals surface area contributed by atoms with E-state index in [0.717, 1.165) is 10.4 Å². The normalized spacial score (nSPS) is 19.2. The summed E-state index contributed by atoms with van der Waals surface area (Å²) >= 11 is 1.39. The molecule has 2 amide bonds. The molecule has 2 aromatic rings.